The number of nitrogens with one attached hydrogen (secondary N) is 1. The van der Waals surface area contributed by atoms with Crippen molar-refractivity contribution in [3.63, 3.8) is 0 Å². The third kappa shape index (κ3) is 3.72. The fourth-order valence-electron chi connectivity index (χ4n) is 3.74. The zero-order valence-electron chi connectivity index (χ0n) is 16.8. The molecule has 2 aromatic heterocycles. The van der Waals surface area contributed by atoms with E-state index < -0.39 is 0 Å². The highest BCUT2D eigenvalue weighted by molar-refractivity contribution is 5.97. The predicted molar refractivity (Wildman–Crippen MR) is 113 cm³/mol. The Morgan fingerprint density at radius 1 is 1.21 bits per heavy atom. The molecule has 0 bridgehead atoms. The molecule has 29 heavy (non-hydrogen) atoms. The van der Waals surface area contributed by atoms with E-state index in [2.05, 4.69) is 20.2 Å². The van der Waals surface area contributed by atoms with Crippen LogP contribution in [-0.2, 0) is 6.54 Å². The van der Waals surface area contributed by atoms with Crippen LogP contribution >= 0.6 is 0 Å². The molecule has 0 radical (unpaired) electrons. The Kier molecular flexibility index (Phi) is 5.29. The average molecular weight is 391 g/mol. The van der Waals surface area contributed by atoms with Crippen molar-refractivity contribution in [3.05, 3.63) is 64.1 Å². The van der Waals surface area contributed by atoms with Crippen molar-refractivity contribution in [1.82, 2.24) is 19.9 Å². The lowest BCUT2D eigenvalue weighted by Crippen LogP contribution is -2.32. The number of rotatable bonds is 5. The maximum absolute atomic E-state index is 13.0. The van der Waals surface area contributed by atoms with Gasteiger partial charge in [0.25, 0.3) is 5.91 Å². The van der Waals surface area contributed by atoms with Crippen molar-refractivity contribution < 1.29 is 4.79 Å². The van der Waals surface area contributed by atoms with E-state index in [0.29, 0.717) is 23.5 Å². The van der Waals surface area contributed by atoms with Crippen LogP contribution in [-0.4, -0.2) is 33.5 Å². The highest BCUT2D eigenvalue weighted by Gasteiger charge is 2.21. The monoisotopic (exact) mass is 391 g/mol. The molecule has 1 unspecified atom stereocenters. The molecule has 7 nitrogen and oxygen atoms in total. The molecular formula is C22H25N5O2. The molecule has 1 saturated heterocycles. The maximum atomic E-state index is 13.0. The van der Waals surface area contributed by atoms with Crippen molar-refractivity contribution in [1.29, 1.82) is 0 Å². The Bertz CT molecular complexity index is 1090. The fourth-order valence-corrected chi connectivity index (χ4v) is 3.74. The van der Waals surface area contributed by atoms with Gasteiger partial charge in [0.2, 0.25) is 11.4 Å². The first-order valence-electron chi connectivity index (χ1n) is 10.1. The van der Waals surface area contributed by atoms with Gasteiger partial charge < -0.3 is 14.8 Å². The van der Waals surface area contributed by atoms with Crippen LogP contribution in [0.15, 0.2) is 47.5 Å². The summed E-state index contributed by atoms with van der Waals surface area (Å²) in [6, 6.07) is 9.47. The summed E-state index contributed by atoms with van der Waals surface area (Å²) in [5, 5.41) is 3.29. The average Bonchev–Trinajstić information content (AvgIpc) is 3.29. The zero-order valence-corrected chi connectivity index (χ0v) is 16.8. The highest BCUT2D eigenvalue weighted by atomic mass is 16.2. The van der Waals surface area contributed by atoms with Crippen molar-refractivity contribution in [2.75, 3.05) is 18.0 Å². The van der Waals surface area contributed by atoms with Gasteiger partial charge >= 0.3 is 0 Å². The molecule has 150 valence electrons. The van der Waals surface area contributed by atoms with Gasteiger partial charge in [-0.05, 0) is 32.3 Å². The summed E-state index contributed by atoms with van der Waals surface area (Å²) in [4.78, 5) is 37.1. The van der Waals surface area contributed by atoms with E-state index in [1.807, 2.05) is 48.7 Å². The van der Waals surface area contributed by atoms with Gasteiger partial charge in [-0.2, -0.15) is 4.98 Å². The molecule has 0 saturated carbocycles. The lowest BCUT2D eigenvalue weighted by molar-refractivity contribution is 0.0938. The van der Waals surface area contributed by atoms with E-state index in [4.69, 9.17) is 0 Å². The summed E-state index contributed by atoms with van der Waals surface area (Å²) in [6.45, 7) is 6.33. The SMILES string of the molecule is CCn1cc(C(=O)NC(C)c2ccccc2)c(=O)c2cnc(N3CCCC3)nc21. The first-order valence-corrected chi connectivity index (χ1v) is 10.1. The van der Waals surface area contributed by atoms with Crippen LogP contribution < -0.4 is 15.6 Å². The molecular weight excluding hydrogens is 366 g/mol. The molecule has 0 aliphatic carbocycles. The van der Waals surface area contributed by atoms with Crippen LogP contribution in [0.2, 0.25) is 0 Å². The molecule has 1 amide bonds. The summed E-state index contributed by atoms with van der Waals surface area (Å²) in [7, 11) is 0. The predicted octanol–water partition coefficient (Wildman–Crippen LogP) is 2.90. The number of nitrogens with zero attached hydrogens (tertiary/aromatic N) is 4. The van der Waals surface area contributed by atoms with Crippen molar-refractivity contribution >= 4 is 22.9 Å². The van der Waals surface area contributed by atoms with Crippen LogP contribution in [0.25, 0.3) is 11.0 Å². The molecule has 0 spiro atoms. The summed E-state index contributed by atoms with van der Waals surface area (Å²) in [5.41, 5.74) is 1.33. The Hall–Kier alpha value is -3.22. The van der Waals surface area contributed by atoms with Gasteiger partial charge in [-0.3, -0.25) is 9.59 Å². The van der Waals surface area contributed by atoms with Gasteiger partial charge in [0.1, 0.15) is 11.2 Å². The second-order valence-electron chi connectivity index (χ2n) is 7.37. The first-order chi connectivity index (χ1) is 14.1. The Morgan fingerprint density at radius 2 is 1.93 bits per heavy atom. The van der Waals surface area contributed by atoms with E-state index in [1.165, 1.54) is 0 Å². The van der Waals surface area contributed by atoms with Gasteiger partial charge in [0, 0.05) is 32.0 Å². The Labute approximate surface area is 169 Å². The lowest BCUT2D eigenvalue weighted by atomic mass is 10.1. The topological polar surface area (TPSA) is 80.1 Å². The van der Waals surface area contributed by atoms with E-state index >= 15 is 0 Å². The number of amides is 1. The molecule has 4 rings (SSSR count). The number of fused-ring (bicyclic) bond motifs is 1. The normalized spacial score (nSPS) is 14.9. The van der Waals surface area contributed by atoms with Crippen LogP contribution in [0.3, 0.4) is 0 Å². The van der Waals surface area contributed by atoms with E-state index in [9.17, 15) is 9.59 Å². The fraction of sp³-hybridized carbons (Fsp3) is 0.364. The standard InChI is InChI=1S/C22H25N5O2/c1-3-26-14-18(21(29)24-15(2)16-9-5-4-6-10-16)19(28)17-13-23-22(25-20(17)26)27-11-7-8-12-27/h4-6,9-10,13-15H,3,7-8,11-12H2,1-2H3,(H,24,29). The number of benzene rings is 1. The number of carbonyl (C=O) groups excluding carboxylic acids is 1. The highest BCUT2D eigenvalue weighted by Crippen LogP contribution is 2.19. The van der Waals surface area contributed by atoms with Gasteiger partial charge in [0.15, 0.2) is 0 Å². The van der Waals surface area contributed by atoms with E-state index in [1.54, 1.807) is 12.4 Å². The third-order valence-electron chi connectivity index (χ3n) is 5.42. The molecule has 1 aliphatic heterocycles. The van der Waals surface area contributed by atoms with Crippen LogP contribution in [0.4, 0.5) is 5.95 Å². The van der Waals surface area contributed by atoms with Crippen molar-refractivity contribution in [3.8, 4) is 0 Å². The molecule has 1 aliphatic rings. The minimum Gasteiger partial charge on any atom is -0.345 e. The van der Waals surface area contributed by atoms with Crippen molar-refractivity contribution in [2.45, 2.75) is 39.3 Å². The van der Waals surface area contributed by atoms with Crippen LogP contribution in [0.1, 0.15) is 48.7 Å². The molecule has 3 aromatic rings. The lowest BCUT2D eigenvalue weighted by Gasteiger charge is -2.18. The number of carbonyl (C=O) groups is 1. The smallest absolute Gasteiger partial charge is 0.257 e. The molecule has 1 fully saturated rings. The number of pyridine rings is 1. The summed E-state index contributed by atoms with van der Waals surface area (Å²) in [5.74, 6) is 0.255. The Balaban J connectivity index is 1.69. The van der Waals surface area contributed by atoms with Gasteiger partial charge in [0.05, 0.1) is 11.4 Å². The molecule has 1 atom stereocenters. The van der Waals surface area contributed by atoms with Crippen molar-refractivity contribution in [2.24, 2.45) is 0 Å². The molecule has 3 heterocycles. The summed E-state index contributed by atoms with van der Waals surface area (Å²) >= 11 is 0. The van der Waals surface area contributed by atoms with Crippen LogP contribution in [0.5, 0.6) is 0 Å². The number of anilines is 1. The summed E-state index contributed by atoms with van der Waals surface area (Å²) < 4.78 is 1.85. The van der Waals surface area contributed by atoms with Gasteiger partial charge in [-0.15, -0.1) is 0 Å². The number of hydrogen-bond acceptors (Lipinski definition) is 5. The van der Waals surface area contributed by atoms with Crippen LogP contribution in [0, 0.1) is 0 Å². The number of aryl methyl sites for hydroxylation is 1. The number of aromatic nitrogens is 3. The van der Waals surface area contributed by atoms with Gasteiger partial charge in [-0.1, -0.05) is 30.3 Å². The molecule has 1 N–H and O–H groups in total. The van der Waals surface area contributed by atoms with Gasteiger partial charge in [-0.25, -0.2) is 4.98 Å². The number of hydrogen-bond donors (Lipinski definition) is 1. The van der Waals surface area contributed by atoms with E-state index in [-0.39, 0.29) is 22.9 Å². The molecule has 1 aromatic carbocycles. The quantitative estimate of drug-likeness (QED) is 0.723. The maximum Gasteiger partial charge on any atom is 0.257 e. The first kappa shape index (κ1) is 19.1. The third-order valence-corrected chi connectivity index (χ3v) is 5.42. The zero-order chi connectivity index (χ0) is 20.4. The largest absolute Gasteiger partial charge is 0.345 e. The second-order valence-corrected chi connectivity index (χ2v) is 7.37. The minimum absolute atomic E-state index is 0.111. The summed E-state index contributed by atoms with van der Waals surface area (Å²) in [6.07, 6.45) is 5.42. The Morgan fingerprint density at radius 3 is 2.62 bits per heavy atom. The second kappa shape index (κ2) is 8.03. The van der Waals surface area contributed by atoms with E-state index in [0.717, 1.165) is 31.5 Å². The molecule has 7 heteroatoms. The minimum atomic E-state index is -0.390.